The predicted octanol–water partition coefficient (Wildman–Crippen LogP) is 4.01. The van der Waals surface area contributed by atoms with Gasteiger partial charge < -0.3 is 20.5 Å². The molecule has 190 valence electrons. The summed E-state index contributed by atoms with van der Waals surface area (Å²) in [5.74, 6) is -0.528. The first kappa shape index (κ1) is 25.5. The SMILES string of the molecule is CN1CCN(Cc2ccc(NC(=O)c3ccccc3NCc3ccc(=O)[nH]c3)cc2C(F)(F)F)CC1. The number of aromatic nitrogens is 1. The summed E-state index contributed by atoms with van der Waals surface area (Å²) >= 11 is 0. The molecule has 0 atom stereocenters. The molecule has 2 aromatic carbocycles. The molecule has 10 heteroatoms. The maximum absolute atomic E-state index is 13.9. The van der Waals surface area contributed by atoms with E-state index in [4.69, 9.17) is 0 Å². The monoisotopic (exact) mass is 499 g/mol. The summed E-state index contributed by atoms with van der Waals surface area (Å²) in [6.07, 6.45) is -2.97. The molecule has 1 saturated heterocycles. The van der Waals surface area contributed by atoms with E-state index in [9.17, 15) is 22.8 Å². The number of pyridine rings is 1. The predicted molar refractivity (Wildman–Crippen MR) is 133 cm³/mol. The van der Waals surface area contributed by atoms with Crippen molar-refractivity contribution in [1.82, 2.24) is 14.8 Å². The van der Waals surface area contributed by atoms with Crippen LogP contribution in [0.25, 0.3) is 0 Å². The van der Waals surface area contributed by atoms with Crippen molar-refractivity contribution in [2.75, 3.05) is 43.9 Å². The molecule has 0 unspecified atom stereocenters. The maximum atomic E-state index is 13.9. The lowest BCUT2D eigenvalue weighted by Gasteiger charge is -2.33. The van der Waals surface area contributed by atoms with Crippen LogP contribution in [0.1, 0.15) is 27.0 Å². The molecule has 1 aliphatic heterocycles. The van der Waals surface area contributed by atoms with Gasteiger partial charge in [0, 0.05) is 62.9 Å². The van der Waals surface area contributed by atoms with Crippen LogP contribution >= 0.6 is 0 Å². The van der Waals surface area contributed by atoms with E-state index < -0.39 is 17.6 Å². The lowest BCUT2D eigenvalue weighted by Crippen LogP contribution is -2.44. The molecule has 36 heavy (non-hydrogen) atoms. The Hall–Kier alpha value is -3.63. The number of carbonyl (C=O) groups is 1. The van der Waals surface area contributed by atoms with Crippen LogP contribution < -0.4 is 16.2 Å². The Kier molecular flexibility index (Phi) is 7.76. The van der Waals surface area contributed by atoms with Crippen LogP contribution in [0.4, 0.5) is 24.5 Å². The summed E-state index contributed by atoms with van der Waals surface area (Å²) in [5.41, 5.74) is 0.907. The third-order valence-electron chi connectivity index (χ3n) is 6.17. The third kappa shape index (κ3) is 6.52. The summed E-state index contributed by atoms with van der Waals surface area (Å²) in [5, 5.41) is 5.74. The van der Waals surface area contributed by atoms with Crippen LogP contribution in [0.2, 0.25) is 0 Å². The van der Waals surface area contributed by atoms with Gasteiger partial charge >= 0.3 is 6.18 Å². The lowest BCUT2D eigenvalue weighted by atomic mass is 10.0. The number of piperazine rings is 1. The Morgan fingerprint density at radius 2 is 1.78 bits per heavy atom. The number of hydrogen-bond acceptors (Lipinski definition) is 5. The normalized spacial score (nSPS) is 15.0. The van der Waals surface area contributed by atoms with Crippen molar-refractivity contribution in [1.29, 1.82) is 0 Å². The maximum Gasteiger partial charge on any atom is 0.416 e. The van der Waals surface area contributed by atoms with Crippen LogP contribution in [0.15, 0.2) is 65.6 Å². The molecule has 0 aliphatic carbocycles. The zero-order valence-corrected chi connectivity index (χ0v) is 19.9. The fourth-order valence-corrected chi connectivity index (χ4v) is 4.09. The summed E-state index contributed by atoms with van der Waals surface area (Å²) in [4.78, 5) is 31.0. The number of aromatic amines is 1. The van der Waals surface area contributed by atoms with Gasteiger partial charge in [-0.2, -0.15) is 13.2 Å². The highest BCUT2D eigenvalue weighted by Gasteiger charge is 2.34. The molecule has 1 aromatic heterocycles. The van der Waals surface area contributed by atoms with Crippen molar-refractivity contribution in [3.8, 4) is 0 Å². The minimum Gasteiger partial charge on any atom is -0.380 e. The van der Waals surface area contributed by atoms with Gasteiger partial charge in [-0.3, -0.25) is 14.5 Å². The van der Waals surface area contributed by atoms with E-state index in [1.54, 1.807) is 36.5 Å². The van der Waals surface area contributed by atoms with Crippen LogP contribution in [-0.4, -0.2) is 53.9 Å². The summed E-state index contributed by atoms with van der Waals surface area (Å²) in [6, 6.07) is 13.8. The zero-order chi connectivity index (χ0) is 25.7. The number of carbonyl (C=O) groups excluding carboxylic acids is 1. The number of hydrogen-bond donors (Lipinski definition) is 3. The number of halogens is 3. The second kappa shape index (κ2) is 11.0. The van der Waals surface area contributed by atoms with Crippen molar-refractivity contribution in [2.45, 2.75) is 19.3 Å². The first-order valence-electron chi connectivity index (χ1n) is 11.6. The van der Waals surface area contributed by atoms with E-state index in [1.165, 1.54) is 18.2 Å². The summed E-state index contributed by atoms with van der Waals surface area (Å²) < 4.78 is 41.7. The molecule has 0 radical (unpaired) electrons. The van der Waals surface area contributed by atoms with E-state index in [2.05, 4.69) is 20.5 Å². The van der Waals surface area contributed by atoms with Crippen molar-refractivity contribution in [2.24, 2.45) is 0 Å². The fourth-order valence-electron chi connectivity index (χ4n) is 4.09. The number of nitrogens with zero attached hydrogens (tertiary/aromatic N) is 2. The molecule has 3 N–H and O–H groups in total. The molecule has 1 aliphatic rings. The number of alkyl halides is 3. The smallest absolute Gasteiger partial charge is 0.380 e. The largest absolute Gasteiger partial charge is 0.416 e. The fraction of sp³-hybridized carbons (Fsp3) is 0.308. The molecule has 1 amide bonds. The quantitative estimate of drug-likeness (QED) is 0.458. The van der Waals surface area contributed by atoms with Crippen molar-refractivity contribution < 1.29 is 18.0 Å². The van der Waals surface area contributed by atoms with E-state index in [0.717, 1.165) is 24.7 Å². The number of nitrogens with one attached hydrogen (secondary N) is 3. The Morgan fingerprint density at radius 3 is 2.47 bits per heavy atom. The molecule has 0 saturated carbocycles. The Morgan fingerprint density at radius 1 is 1.03 bits per heavy atom. The second-order valence-corrected chi connectivity index (χ2v) is 8.86. The second-order valence-electron chi connectivity index (χ2n) is 8.86. The molecule has 1 fully saturated rings. The molecule has 3 aromatic rings. The van der Waals surface area contributed by atoms with E-state index in [1.807, 2.05) is 11.9 Å². The van der Waals surface area contributed by atoms with Gasteiger partial charge in [-0.15, -0.1) is 0 Å². The number of amides is 1. The lowest BCUT2D eigenvalue weighted by molar-refractivity contribution is -0.138. The van der Waals surface area contributed by atoms with Crippen LogP contribution in [0, 0.1) is 0 Å². The van der Waals surface area contributed by atoms with E-state index >= 15 is 0 Å². The number of para-hydroxylation sites is 1. The topological polar surface area (TPSA) is 80.5 Å². The van der Waals surface area contributed by atoms with Gasteiger partial charge in [0.2, 0.25) is 5.56 Å². The molecule has 0 bridgehead atoms. The van der Waals surface area contributed by atoms with Gasteiger partial charge in [-0.25, -0.2) is 0 Å². The highest BCUT2D eigenvalue weighted by Crippen LogP contribution is 2.35. The number of anilines is 2. The zero-order valence-electron chi connectivity index (χ0n) is 19.9. The molecule has 4 rings (SSSR count). The van der Waals surface area contributed by atoms with Crippen molar-refractivity contribution in [3.63, 3.8) is 0 Å². The highest BCUT2D eigenvalue weighted by atomic mass is 19.4. The Bertz CT molecular complexity index is 1250. The number of benzene rings is 2. The average molecular weight is 500 g/mol. The van der Waals surface area contributed by atoms with Crippen LogP contribution in [0.5, 0.6) is 0 Å². The molecule has 7 nitrogen and oxygen atoms in total. The van der Waals surface area contributed by atoms with E-state index in [-0.39, 0.29) is 28.9 Å². The molecule has 2 heterocycles. The van der Waals surface area contributed by atoms with Gasteiger partial charge in [-0.05, 0) is 42.4 Å². The minimum atomic E-state index is -4.54. The number of H-pyrrole nitrogens is 1. The standard InChI is InChI=1S/C26H28F3N5O2/c1-33-10-12-34(13-11-33)17-19-7-8-20(14-22(19)26(27,28)29)32-25(36)21-4-2-3-5-23(21)30-15-18-6-9-24(35)31-16-18/h2-9,14,16,30H,10-13,15,17H2,1H3,(H,31,35)(H,32,36). The molecular weight excluding hydrogens is 471 g/mol. The van der Waals surface area contributed by atoms with Gasteiger partial charge in [0.05, 0.1) is 11.1 Å². The number of likely N-dealkylation sites (N-methyl/N-ethyl adjacent to an activating group) is 1. The minimum absolute atomic E-state index is 0.0740. The first-order valence-corrected chi connectivity index (χ1v) is 11.6. The van der Waals surface area contributed by atoms with Gasteiger partial charge in [0.15, 0.2) is 0 Å². The third-order valence-corrected chi connectivity index (χ3v) is 6.17. The summed E-state index contributed by atoms with van der Waals surface area (Å²) in [6.45, 7) is 3.58. The Balaban J connectivity index is 1.49. The highest BCUT2D eigenvalue weighted by molar-refractivity contribution is 6.08. The van der Waals surface area contributed by atoms with Gasteiger partial charge in [0.25, 0.3) is 5.91 Å². The van der Waals surface area contributed by atoms with Gasteiger partial charge in [0.1, 0.15) is 0 Å². The first-order chi connectivity index (χ1) is 17.2. The Labute approximate surface area is 206 Å². The molecular formula is C26H28F3N5O2. The van der Waals surface area contributed by atoms with Crippen LogP contribution in [0.3, 0.4) is 0 Å². The molecule has 0 spiro atoms. The van der Waals surface area contributed by atoms with E-state index in [0.29, 0.717) is 25.3 Å². The number of rotatable bonds is 7. The average Bonchev–Trinajstić information content (AvgIpc) is 2.85. The van der Waals surface area contributed by atoms with Gasteiger partial charge in [-0.1, -0.05) is 24.3 Å². The van der Waals surface area contributed by atoms with Crippen molar-refractivity contribution >= 4 is 17.3 Å². The van der Waals surface area contributed by atoms with Crippen LogP contribution in [-0.2, 0) is 19.3 Å². The summed E-state index contributed by atoms with van der Waals surface area (Å²) in [7, 11) is 1.99. The van der Waals surface area contributed by atoms with Crippen molar-refractivity contribution in [3.05, 3.63) is 93.4 Å².